The molecule has 2 N–H and O–H groups in total. The zero-order valence-corrected chi connectivity index (χ0v) is 9.31. The summed E-state index contributed by atoms with van der Waals surface area (Å²) in [6.07, 6.45) is 6.37. The van der Waals surface area contributed by atoms with Gasteiger partial charge in [0.05, 0.1) is 6.61 Å². The number of methoxy groups -OCH3 is 1. The molecular weight excluding hydrogens is 210 g/mol. The molecule has 1 rings (SSSR count). The molecule has 0 saturated heterocycles. The van der Waals surface area contributed by atoms with E-state index in [1.807, 2.05) is 12.2 Å². The van der Waals surface area contributed by atoms with Crippen LogP contribution in [-0.4, -0.2) is 36.7 Å². The number of carbonyl (C=O) groups excluding carboxylic acids is 1. The van der Waals surface area contributed by atoms with Crippen LogP contribution in [0.3, 0.4) is 0 Å². The van der Waals surface area contributed by atoms with E-state index in [2.05, 4.69) is 5.32 Å². The smallest absolute Gasteiger partial charge is 0.328 e. The van der Waals surface area contributed by atoms with Crippen LogP contribution in [0.2, 0.25) is 0 Å². The van der Waals surface area contributed by atoms with Gasteiger partial charge in [0, 0.05) is 13.5 Å². The van der Waals surface area contributed by atoms with Gasteiger partial charge < -0.3 is 15.2 Å². The van der Waals surface area contributed by atoms with Crippen molar-refractivity contribution < 1.29 is 19.4 Å². The molecule has 0 aromatic heterocycles. The van der Waals surface area contributed by atoms with Gasteiger partial charge in [0.15, 0.2) is 6.04 Å². The standard InChI is InChI=1S/C11H17NO4/c1-16-7-9(11(14)15)12-10(13)6-8-4-2-3-5-8/h2,4,8-9H,3,5-7H2,1H3,(H,12,13)(H,14,15). The van der Waals surface area contributed by atoms with E-state index in [1.165, 1.54) is 7.11 Å². The Kier molecular flexibility index (Phi) is 4.98. The second kappa shape index (κ2) is 6.27. The third-order valence-corrected chi connectivity index (χ3v) is 2.53. The highest BCUT2D eigenvalue weighted by Gasteiger charge is 2.21. The van der Waals surface area contributed by atoms with Crippen molar-refractivity contribution in [3.63, 3.8) is 0 Å². The Morgan fingerprint density at radius 2 is 2.38 bits per heavy atom. The van der Waals surface area contributed by atoms with Crippen molar-refractivity contribution in [3.8, 4) is 0 Å². The lowest BCUT2D eigenvalue weighted by Crippen LogP contribution is -2.44. The Balaban J connectivity index is 2.35. The van der Waals surface area contributed by atoms with Gasteiger partial charge in [-0.2, -0.15) is 0 Å². The van der Waals surface area contributed by atoms with Gasteiger partial charge in [0.2, 0.25) is 5.91 Å². The summed E-state index contributed by atoms with van der Waals surface area (Å²) in [6, 6.07) is -0.956. The van der Waals surface area contributed by atoms with Crippen molar-refractivity contribution in [2.45, 2.75) is 25.3 Å². The van der Waals surface area contributed by atoms with Crippen LogP contribution in [0.1, 0.15) is 19.3 Å². The lowest BCUT2D eigenvalue weighted by atomic mass is 10.0. The summed E-state index contributed by atoms with van der Waals surface area (Å²) >= 11 is 0. The molecule has 0 radical (unpaired) electrons. The summed E-state index contributed by atoms with van der Waals surface area (Å²) < 4.78 is 4.73. The molecule has 1 aliphatic rings. The largest absolute Gasteiger partial charge is 0.480 e. The molecule has 0 saturated carbocycles. The molecule has 90 valence electrons. The Labute approximate surface area is 94.5 Å². The van der Waals surface area contributed by atoms with Crippen LogP contribution in [-0.2, 0) is 14.3 Å². The number of allylic oxidation sites excluding steroid dienone is 2. The number of nitrogens with one attached hydrogen (secondary N) is 1. The predicted molar refractivity (Wildman–Crippen MR) is 57.9 cm³/mol. The summed E-state index contributed by atoms with van der Waals surface area (Å²) in [5.41, 5.74) is 0. The minimum atomic E-state index is -1.07. The Morgan fingerprint density at radius 3 is 2.88 bits per heavy atom. The first-order valence-electron chi connectivity index (χ1n) is 5.31. The molecule has 0 fully saturated rings. The summed E-state index contributed by atoms with van der Waals surface area (Å²) in [6.45, 7) is -0.0123. The van der Waals surface area contributed by atoms with Crippen LogP contribution >= 0.6 is 0 Å². The normalized spacial score (nSPS) is 20.7. The number of hydrogen-bond donors (Lipinski definition) is 2. The molecule has 2 unspecified atom stereocenters. The highest BCUT2D eigenvalue weighted by molar-refractivity contribution is 5.83. The van der Waals surface area contributed by atoms with Gasteiger partial charge in [-0.25, -0.2) is 4.79 Å². The topological polar surface area (TPSA) is 75.6 Å². The molecule has 5 nitrogen and oxygen atoms in total. The first-order valence-corrected chi connectivity index (χ1v) is 5.31. The number of carboxylic acid groups (broad SMARTS) is 1. The molecule has 2 atom stereocenters. The number of aliphatic carboxylic acids is 1. The maximum Gasteiger partial charge on any atom is 0.328 e. The molecule has 0 aromatic rings. The van der Waals surface area contributed by atoms with E-state index in [0.717, 1.165) is 12.8 Å². The average molecular weight is 227 g/mol. The average Bonchev–Trinajstić information content (AvgIpc) is 2.69. The summed E-state index contributed by atoms with van der Waals surface area (Å²) in [5.74, 6) is -1.06. The number of hydrogen-bond acceptors (Lipinski definition) is 3. The van der Waals surface area contributed by atoms with E-state index in [4.69, 9.17) is 9.84 Å². The van der Waals surface area contributed by atoms with Crippen LogP contribution in [0.15, 0.2) is 12.2 Å². The second-order valence-corrected chi connectivity index (χ2v) is 3.88. The van der Waals surface area contributed by atoms with Crippen molar-refractivity contribution in [1.29, 1.82) is 0 Å². The van der Waals surface area contributed by atoms with Crippen LogP contribution in [0.5, 0.6) is 0 Å². The summed E-state index contributed by atoms with van der Waals surface area (Å²) in [7, 11) is 1.40. The highest BCUT2D eigenvalue weighted by Crippen LogP contribution is 2.19. The highest BCUT2D eigenvalue weighted by atomic mass is 16.5. The van der Waals surface area contributed by atoms with E-state index in [9.17, 15) is 9.59 Å². The van der Waals surface area contributed by atoms with Crippen LogP contribution in [0, 0.1) is 5.92 Å². The van der Waals surface area contributed by atoms with Crippen molar-refractivity contribution in [3.05, 3.63) is 12.2 Å². The van der Waals surface area contributed by atoms with Crippen LogP contribution in [0.4, 0.5) is 0 Å². The van der Waals surface area contributed by atoms with E-state index in [-0.39, 0.29) is 18.4 Å². The maximum atomic E-state index is 11.5. The fraction of sp³-hybridized carbons (Fsp3) is 0.636. The second-order valence-electron chi connectivity index (χ2n) is 3.88. The number of amides is 1. The van der Waals surface area contributed by atoms with Crippen LogP contribution in [0.25, 0.3) is 0 Å². The molecule has 5 heteroatoms. The van der Waals surface area contributed by atoms with Gasteiger partial charge in [-0.1, -0.05) is 12.2 Å². The first-order chi connectivity index (χ1) is 7.63. The van der Waals surface area contributed by atoms with Crippen molar-refractivity contribution in [2.75, 3.05) is 13.7 Å². The molecular formula is C11H17NO4. The molecule has 0 aliphatic heterocycles. The quantitative estimate of drug-likeness (QED) is 0.650. The van der Waals surface area contributed by atoms with Gasteiger partial charge in [-0.3, -0.25) is 4.79 Å². The summed E-state index contributed by atoms with van der Waals surface area (Å²) in [4.78, 5) is 22.3. The lowest BCUT2D eigenvalue weighted by molar-refractivity contribution is -0.143. The van der Waals surface area contributed by atoms with Gasteiger partial charge in [-0.05, 0) is 18.8 Å². The number of ether oxygens (including phenoxy) is 1. The zero-order valence-electron chi connectivity index (χ0n) is 9.31. The minimum Gasteiger partial charge on any atom is -0.480 e. The molecule has 16 heavy (non-hydrogen) atoms. The SMILES string of the molecule is COCC(NC(=O)CC1C=CCC1)C(=O)O. The number of rotatable bonds is 6. The fourth-order valence-corrected chi connectivity index (χ4v) is 1.70. The first kappa shape index (κ1) is 12.7. The molecule has 0 bridgehead atoms. The molecule has 0 spiro atoms. The van der Waals surface area contributed by atoms with Gasteiger partial charge in [0.1, 0.15) is 0 Å². The van der Waals surface area contributed by atoms with E-state index in [0.29, 0.717) is 6.42 Å². The van der Waals surface area contributed by atoms with Gasteiger partial charge >= 0.3 is 5.97 Å². The van der Waals surface area contributed by atoms with Crippen molar-refractivity contribution in [1.82, 2.24) is 5.32 Å². The van der Waals surface area contributed by atoms with E-state index in [1.54, 1.807) is 0 Å². The monoisotopic (exact) mass is 227 g/mol. The zero-order chi connectivity index (χ0) is 12.0. The van der Waals surface area contributed by atoms with Crippen molar-refractivity contribution >= 4 is 11.9 Å². The molecule has 1 amide bonds. The maximum absolute atomic E-state index is 11.5. The van der Waals surface area contributed by atoms with Crippen LogP contribution < -0.4 is 5.32 Å². The van der Waals surface area contributed by atoms with E-state index < -0.39 is 12.0 Å². The number of carboxylic acids is 1. The van der Waals surface area contributed by atoms with Crippen molar-refractivity contribution in [2.24, 2.45) is 5.92 Å². The molecule has 1 aliphatic carbocycles. The third-order valence-electron chi connectivity index (χ3n) is 2.53. The minimum absolute atomic E-state index is 0.0123. The fourth-order valence-electron chi connectivity index (χ4n) is 1.70. The third kappa shape index (κ3) is 4.02. The molecule has 0 heterocycles. The Bertz CT molecular complexity index is 288. The lowest BCUT2D eigenvalue weighted by Gasteiger charge is -2.14. The Morgan fingerprint density at radius 1 is 1.62 bits per heavy atom. The number of carbonyl (C=O) groups is 2. The van der Waals surface area contributed by atoms with Gasteiger partial charge in [0.25, 0.3) is 0 Å². The Hall–Kier alpha value is -1.36. The molecule has 0 aromatic carbocycles. The van der Waals surface area contributed by atoms with E-state index >= 15 is 0 Å². The predicted octanol–water partition coefficient (Wildman–Crippen LogP) is 0.558. The van der Waals surface area contributed by atoms with Gasteiger partial charge in [-0.15, -0.1) is 0 Å². The summed E-state index contributed by atoms with van der Waals surface area (Å²) in [5, 5.41) is 11.3.